The van der Waals surface area contributed by atoms with Gasteiger partial charge < -0.3 is 19.4 Å². The van der Waals surface area contributed by atoms with E-state index in [2.05, 4.69) is 24.8 Å². The normalized spacial score (nSPS) is 14.0. The third kappa shape index (κ3) is 2.44. The van der Waals surface area contributed by atoms with Crippen LogP contribution in [0.2, 0.25) is 0 Å². The largest absolute Gasteiger partial charge is 0.493 e. The maximum absolute atomic E-state index is 5.33. The fourth-order valence-corrected chi connectivity index (χ4v) is 2.61. The minimum absolute atomic E-state index is 0.531. The number of ether oxygens (including phenoxy) is 2. The molecule has 7 heteroatoms. The fraction of sp³-hybridized carbons (Fsp3) is 0.312. The van der Waals surface area contributed by atoms with Crippen LogP contribution >= 0.6 is 0 Å². The highest BCUT2D eigenvalue weighted by Gasteiger charge is 2.26. The molecule has 0 atom stereocenters. The molecule has 4 rings (SSSR count). The Labute approximate surface area is 133 Å². The molecule has 0 aliphatic heterocycles. The zero-order valence-electron chi connectivity index (χ0n) is 13.0. The van der Waals surface area contributed by atoms with Gasteiger partial charge in [0.2, 0.25) is 0 Å². The second-order valence-electron chi connectivity index (χ2n) is 5.47. The summed E-state index contributed by atoms with van der Waals surface area (Å²) in [5.41, 5.74) is 2.49. The third-order valence-corrected chi connectivity index (χ3v) is 3.95. The number of hydrogen-bond acceptors (Lipinski definition) is 6. The van der Waals surface area contributed by atoms with Gasteiger partial charge in [-0.15, -0.1) is 0 Å². The summed E-state index contributed by atoms with van der Waals surface area (Å²) in [6.45, 7) is 0. The molecule has 3 aromatic rings. The van der Waals surface area contributed by atoms with Crippen LogP contribution in [0.4, 0.5) is 11.5 Å². The average molecular weight is 311 g/mol. The molecule has 1 saturated carbocycles. The molecule has 2 heterocycles. The molecular weight excluding hydrogens is 294 g/mol. The van der Waals surface area contributed by atoms with E-state index < -0.39 is 0 Å². The van der Waals surface area contributed by atoms with E-state index in [4.69, 9.17) is 9.47 Å². The predicted molar refractivity (Wildman–Crippen MR) is 86.4 cm³/mol. The summed E-state index contributed by atoms with van der Waals surface area (Å²) >= 11 is 0. The van der Waals surface area contributed by atoms with E-state index in [0.717, 1.165) is 16.9 Å². The first-order valence-corrected chi connectivity index (χ1v) is 7.46. The first-order chi connectivity index (χ1) is 11.3. The van der Waals surface area contributed by atoms with Gasteiger partial charge in [-0.3, -0.25) is 0 Å². The van der Waals surface area contributed by atoms with E-state index in [1.807, 2.05) is 24.5 Å². The number of methoxy groups -OCH3 is 2. The summed E-state index contributed by atoms with van der Waals surface area (Å²) in [5.74, 6) is 2.02. The maximum atomic E-state index is 5.33. The average Bonchev–Trinajstić information content (AvgIpc) is 3.34. The summed E-state index contributed by atoms with van der Waals surface area (Å²) in [6.07, 6.45) is 5.78. The Morgan fingerprint density at radius 1 is 1.09 bits per heavy atom. The van der Waals surface area contributed by atoms with Crippen LogP contribution in [0.15, 0.2) is 30.9 Å². The molecular formula is C16H17N5O2. The highest BCUT2D eigenvalue weighted by molar-refractivity contribution is 5.85. The smallest absolute Gasteiger partial charge is 0.165 e. The number of aromatic nitrogens is 4. The van der Waals surface area contributed by atoms with Crippen LogP contribution in [0.5, 0.6) is 11.5 Å². The van der Waals surface area contributed by atoms with Crippen LogP contribution in [0, 0.1) is 0 Å². The molecule has 7 nitrogen and oxygen atoms in total. The Balaban J connectivity index is 1.70. The lowest BCUT2D eigenvalue weighted by molar-refractivity contribution is 0.355. The zero-order valence-corrected chi connectivity index (χ0v) is 13.0. The highest BCUT2D eigenvalue weighted by atomic mass is 16.5. The van der Waals surface area contributed by atoms with Crippen molar-refractivity contribution in [3.63, 3.8) is 0 Å². The lowest BCUT2D eigenvalue weighted by Gasteiger charge is -2.11. The van der Waals surface area contributed by atoms with Gasteiger partial charge in [0.1, 0.15) is 6.33 Å². The Morgan fingerprint density at radius 3 is 2.65 bits per heavy atom. The van der Waals surface area contributed by atoms with Gasteiger partial charge in [0.05, 0.1) is 20.5 Å². The predicted octanol–water partition coefficient (Wildman–Crippen LogP) is 2.92. The van der Waals surface area contributed by atoms with E-state index in [-0.39, 0.29) is 0 Å². The molecule has 1 aliphatic carbocycles. The number of rotatable bonds is 5. The molecule has 0 spiro atoms. The number of anilines is 2. The van der Waals surface area contributed by atoms with Gasteiger partial charge in [0, 0.05) is 17.8 Å². The standard InChI is InChI=1S/C16H17N5O2/c1-22-12-6-3-10(7-13(12)23-2)20-15-14-16(18-8-17-15)21(9-19-14)11-4-5-11/h3,6-9,11H,4-5H2,1-2H3,(H,17,18,20). The fourth-order valence-electron chi connectivity index (χ4n) is 2.61. The first-order valence-electron chi connectivity index (χ1n) is 7.46. The molecule has 0 bridgehead atoms. The van der Waals surface area contributed by atoms with Gasteiger partial charge in [0.15, 0.2) is 28.5 Å². The van der Waals surface area contributed by atoms with Crippen LogP contribution in [-0.2, 0) is 0 Å². The number of benzene rings is 1. The Bertz CT molecular complexity index is 857. The molecule has 1 fully saturated rings. The van der Waals surface area contributed by atoms with Crippen molar-refractivity contribution in [3.8, 4) is 11.5 Å². The number of hydrogen-bond donors (Lipinski definition) is 1. The summed E-state index contributed by atoms with van der Waals surface area (Å²) < 4.78 is 12.7. The zero-order chi connectivity index (χ0) is 15.8. The van der Waals surface area contributed by atoms with Crippen molar-refractivity contribution in [1.82, 2.24) is 19.5 Å². The molecule has 2 aromatic heterocycles. The van der Waals surface area contributed by atoms with Crippen LogP contribution in [-0.4, -0.2) is 33.7 Å². The van der Waals surface area contributed by atoms with Crippen LogP contribution in [0.1, 0.15) is 18.9 Å². The van der Waals surface area contributed by atoms with E-state index >= 15 is 0 Å². The topological polar surface area (TPSA) is 74.1 Å². The SMILES string of the molecule is COc1ccc(Nc2ncnc3c2ncn3C2CC2)cc1OC. The second-order valence-corrected chi connectivity index (χ2v) is 5.47. The highest BCUT2D eigenvalue weighted by Crippen LogP contribution is 2.37. The number of fused-ring (bicyclic) bond motifs is 1. The van der Waals surface area contributed by atoms with Gasteiger partial charge in [-0.25, -0.2) is 15.0 Å². The van der Waals surface area contributed by atoms with E-state index in [0.29, 0.717) is 23.4 Å². The summed E-state index contributed by atoms with van der Waals surface area (Å²) in [5, 5.41) is 3.28. The monoisotopic (exact) mass is 311 g/mol. The summed E-state index contributed by atoms with van der Waals surface area (Å²) in [6, 6.07) is 6.16. The van der Waals surface area contributed by atoms with Gasteiger partial charge >= 0.3 is 0 Å². The van der Waals surface area contributed by atoms with E-state index in [1.165, 1.54) is 12.8 Å². The summed E-state index contributed by atoms with van der Waals surface area (Å²) in [7, 11) is 3.23. The van der Waals surface area contributed by atoms with Crippen molar-refractivity contribution in [2.24, 2.45) is 0 Å². The van der Waals surface area contributed by atoms with Crippen molar-refractivity contribution in [2.45, 2.75) is 18.9 Å². The molecule has 0 saturated heterocycles. The molecule has 1 aliphatic rings. The van der Waals surface area contributed by atoms with Gasteiger partial charge in [-0.2, -0.15) is 0 Å². The van der Waals surface area contributed by atoms with Crippen molar-refractivity contribution >= 4 is 22.7 Å². The molecule has 1 aromatic carbocycles. The van der Waals surface area contributed by atoms with Gasteiger partial charge in [-0.1, -0.05) is 0 Å². The van der Waals surface area contributed by atoms with E-state index in [1.54, 1.807) is 20.5 Å². The van der Waals surface area contributed by atoms with E-state index in [9.17, 15) is 0 Å². The maximum Gasteiger partial charge on any atom is 0.165 e. The third-order valence-electron chi connectivity index (χ3n) is 3.95. The molecule has 0 unspecified atom stereocenters. The lowest BCUT2D eigenvalue weighted by Crippen LogP contribution is -1.99. The Hall–Kier alpha value is -2.83. The second kappa shape index (κ2) is 5.42. The number of nitrogens with zero attached hydrogens (tertiary/aromatic N) is 4. The lowest BCUT2D eigenvalue weighted by atomic mass is 10.2. The van der Waals surface area contributed by atoms with Crippen molar-refractivity contribution in [1.29, 1.82) is 0 Å². The summed E-state index contributed by atoms with van der Waals surface area (Å²) in [4.78, 5) is 13.2. The first kappa shape index (κ1) is 13.8. The molecule has 0 amide bonds. The van der Waals surface area contributed by atoms with Crippen molar-refractivity contribution < 1.29 is 9.47 Å². The minimum atomic E-state index is 0.531. The van der Waals surface area contributed by atoms with Crippen LogP contribution in [0.3, 0.4) is 0 Å². The molecule has 118 valence electrons. The van der Waals surface area contributed by atoms with Crippen LogP contribution < -0.4 is 14.8 Å². The van der Waals surface area contributed by atoms with Crippen molar-refractivity contribution in [2.75, 3.05) is 19.5 Å². The molecule has 1 N–H and O–H groups in total. The minimum Gasteiger partial charge on any atom is -0.493 e. The number of imidazole rings is 1. The molecule has 0 radical (unpaired) electrons. The molecule has 23 heavy (non-hydrogen) atoms. The number of nitrogens with one attached hydrogen (secondary N) is 1. The Kier molecular flexibility index (Phi) is 3.25. The van der Waals surface area contributed by atoms with Crippen LogP contribution in [0.25, 0.3) is 11.2 Å². The quantitative estimate of drug-likeness (QED) is 0.781. The Morgan fingerprint density at radius 2 is 1.91 bits per heavy atom. The van der Waals surface area contributed by atoms with Gasteiger partial charge in [-0.05, 0) is 25.0 Å². The van der Waals surface area contributed by atoms with Crippen molar-refractivity contribution in [3.05, 3.63) is 30.9 Å². The van der Waals surface area contributed by atoms with Gasteiger partial charge in [0.25, 0.3) is 0 Å².